The Morgan fingerprint density at radius 1 is 1.06 bits per heavy atom. The molecule has 1 heterocycles. The number of nitrogens with one attached hydrogen (secondary N) is 1. The first-order valence-corrected chi connectivity index (χ1v) is 11.0. The van der Waals surface area contributed by atoms with Crippen LogP contribution in [0.2, 0.25) is 0 Å². The van der Waals surface area contributed by atoms with Crippen LogP contribution in [-0.4, -0.2) is 28.8 Å². The second kappa shape index (κ2) is 8.99. The second-order valence-corrected chi connectivity index (χ2v) is 8.44. The van der Waals surface area contributed by atoms with E-state index in [1.807, 2.05) is 61.0 Å². The van der Waals surface area contributed by atoms with Gasteiger partial charge >= 0.3 is 5.97 Å². The molecule has 1 fully saturated rings. The quantitative estimate of drug-likeness (QED) is 0.563. The fraction of sp³-hybridized carbons (Fsp3) is 0.346. The van der Waals surface area contributed by atoms with Gasteiger partial charge in [0.15, 0.2) is 0 Å². The fourth-order valence-electron chi connectivity index (χ4n) is 4.43. The van der Waals surface area contributed by atoms with E-state index in [1.54, 1.807) is 0 Å². The molecule has 0 spiro atoms. The van der Waals surface area contributed by atoms with Gasteiger partial charge in [-0.25, -0.2) is 4.68 Å². The van der Waals surface area contributed by atoms with Crippen molar-refractivity contribution in [3.63, 3.8) is 0 Å². The lowest BCUT2D eigenvalue weighted by Crippen LogP contribution is -2.50. The number of methoxy groups -OCH3 is 1. The van der Waals surface area contributed by atoms with Crippen molar-refractivity contribution in [1.82, 2.24) is 15.1 Å². The van der Waals surface area contributed by atoms with Gasteiger partial charge in [0.25, 0.3) is 5.91 Å². The highest BCUT2D eigenvalue weighted by atomic mass is 16.5. The summed E-state index contributed by atoms with van der Waals surface area (Å²) in [5.41, 5.74) is 5.34. The Bertz CT molecular complexity index is 1110. The highest BCUT2D eigenvalue weighted by molar-refractivity contribution is 5.95. The number of hydrogen-bond acceptors (Lipinski definition) is 4. The standard InChI is InChI=1S/C26H29N3O3/c1-18-23(14-15-24(30)32-3)19(2)29(28-18)22-12-10-20(11-13-22)25(31)27-26(16-7-17-26)21-8-5-4-6-9-21/h4-6,8-13H,7,14-17H2,1-3H3,(H,27,31). The number of ether oxygens (including phenoxy) is 1. The molecule has 0 saturated heterocycles. The lowest BCUT2D eigenvalue weighted by atomic mass is 9.71. The smallest absolute Gasteiger partial charge is 0.305 e. The Morgan fingerprint density at radius 3 is 2.34 bits per heavy atom. The van der Waals surface area contributed by atoms with Crippen LogP contribution in [0.3, 0.4) is 0 Å². The Labute approximate surface area is 188 Å². The normalized spacial score (nSPS) is 14.5. The number of hydrogen-bond donors (Lipinski definition) is 1. The highest BCUT2D eigenvalue weighted by Gasteiger charge is 2.40. The van der Waals surface area contributed by atoms with Crippen molar-refractivity contribution in [2.75, 3.05) is 7.11 Å². The molecule has 0 radical (unpaired) electrons. The molecule has 0 bridgehead atoms. The molecule has 1 N–H and O–H groups in total. The Hall–Kier alpha value is -3.41. The van der Waals surface area contributed by atoms with Gasteiger partial charge in [-0.15, -0.1) is 0 Å². The molecular weight excluding hydrogens is 402 g/mol. The van der Waals surface area contributed by atoms with E-state index in [4.69, 9.17) is 4.74 Å². The molecule has 1 aliphatic rings. The fourth-order valence-corrected chi connectivity index (χ4v) is 4.43. The number of carbonyl (C=O) groups excluding carboxylic acids is 2. The number of nitrogens with zero attached hydrogens (tertiary/aromatic N) is 2. The van der Waals surface area contributed by atoms with E-state index < -0.39 is 0 Å². The van der Waals surface area contributed by atoms with Crippen molar-refractivity contribution in [2.45, 2.75) is 51.5 Å². The molecule has 1 saturated carbocycles. The van der Waals surface area contributed by atoms with Crippen LogP contribution in [-0.2, 0) is 21.5 Å². The van der Waals surface area contributed by atoms with Gasteiger partial charge in [0, 0.05) is 17.7 Å². The maximum atomic E-state index is 13.0. The summed E-state index contributed by atoms with van der Waals surface area (Å²) < 4.78 is 6.61. The molecule has 1 aliphatic carbocycles. The van der Waals surface area contributed by atoms with Gasteiger partial charge in [0.2, 0.25) is 0 Å². The molecule has 0 unspecified atom stereocenters. The van der Waals surface area contributed by atoms with Gasteiger partial charge in [-0.3, -0.25) is 9.59 Å². The van der Waals surface area contributed by atoms with Crippen LogP contribution < -0.4 is 5.32 Å². The lowest BCUT2D eigenvalue weighted by Gasteiger charge is -2.43. The molecule has 2 aromatic carbocycles. The van der Waals surface area contributed by atoms with Crippen molar-refractivity contribution in [2.24, 2.45) is 0 Å². The van der Waals surface area contributed by atoms with Crippen molar-refractivity contribution < 1.29 is 14.3 Å². The first-order chi connectivity index (χ1) is 15.4. The molecular formula is C26H29N3O3. The number of benzene rings is 2. The molecule has 32 heavy (non-hydrogen) atoms. The van der Waals surface area contributed by atoms with Crippen LogP contribution in [0, 0.1) is 13.8 Å². The zero-order valence-electron chi connectivity index (χ0n) is 18.9. The van der Waals surface area contributed by atoms with E-state index in [2.05, 4.69) is 22.5 Å². The number of aryl methyl sites for hydroxylation is 1. The van der Waals surface area contributed by atoms with Crippen molar-refractivity contribution in [1.29, 1.82) is 0 Å². The van der Waals surface area contributed by atoms with Crippen LogP contribution in [0.1, 0.15) is 58.6 Å². The number of rotatable bonds is 7. The SMILES string of the molecule is COC(=O)CCc1c(C)nn(-c2ccc(C(=O)NC3(c4ccccc4)CCC3)cc2)c1C. The van der Waals surface area contributed by atoms with Gasteiger partial charge in [0.05, 0.1) is 24.0 Å². The Kier molecular flexibility index (Phi) is 6.12. The largest absolute Gasteiger partial charge is 0.469 e. The van der Waals surface area contributed by atoms with E-state index in [1.165, 1.54) is 12.7 Å². The van der Waals surface area contributed by atoms with E-state index in [9.17, 15) is 9.59 Å². The maximum Gasteiger partial charge on any atom is 0.305 e. The van der Waals surface area contributed by atoms with E-state index in [0.717, 1.165) is 41.9 Å². The minimum Gasteiger partial charge on any atom is -0.469 e. The monoisotopic (exact) mass is 431 g/mol. The van der Waals surface area contributed by atoms with Crippen LogP contribution in [0.15, 0.2) is 54.6 Å². The van der Waals surface area contributed by atoms with Crippen LogP contribution in [0.4, 0.5) is 0 Å². The molecule has 0 atom stereocenters. The zero-order valence-corrected chi connectivity index (χ0v) is 18.9. The first-order valence-electron chi connectivity index (χ1n) is 11.0. The average molecular weight is 432 g/mol. The van der Waals surface area contributed by atoms with Crippen LogP contribution >= 0.6 is 0 Å². The van der Waals surface area contributed by atoms with E-state index >= 15 is 0 Å². The summed E-state index contributed by atoms with van der Waals surface area (Å²) in [6, 6.07) is 17.7. The first kappa shape index (κ1) is 21.8. The third-order valence-electron chi connectivity index (χ3n) is 6.51. The van der Waals surface area contributed by atoms with Crippen molar-refractivity contribution in [3.05, 3.63) is 82.7 Å². The summed E-state index contributed by atoms with van der Waals surface area (Å²) in [5, 5.41) is 7.92. The third kappa shape index (κ3) is 4.17. The number of aromatic nitrogens is 2. The third-order valence-corrected chi connectivity index (χ3v) is 6.51. The van der Waals surface area contributed by atoms with E-state index in [-0.39, 0.29) is 17.4 Å². The summed E-state index contributed by atoms with van der Waals surface area (Å²) in [5.74, 6) is -0.293. The van der Waals surface area contributed by atoms with Gasteiger partial charge in [0.1, 0.15) is 0 Å². The van der Waals surface area contributed by atoms with Gasteiger partial charge in [-0.1, -0.05) is 30.3 Å². The zero-order chi connectivity index (χ0) is 22.7. The molecule has 3 aromatic rings. The van der Waals surface area contributed by atoms with Crippen molar-refractivity contribution >= 4 is 11.9 Å². The summed E-state index contributed by atoms with van der Waals surface area (Å²) in [7, 11) is 1.40. The second-order valence-electron chi connectivity index (χ2n) is 8.44. The number of amides is 1. The van der Waals surface area contributed by atoms with Crippen molar-refractivity contribution in [3.8, 4) is 5.69 Å². The molecule has 6 heteroatoms. The molecule has 0 aliphatic heterocycles. The summed E-state index contributed by atoms with van der Waals surface area (Å²) in [6.45, 7) is 3.94. The molecule has 1 aromatic heterocycles. The minimum absolute atomic E-state index is 0.0627. The summed E-state index contributed by atoms with van der Waals surface area (Å²) >= 11 is 0. The topological polar surface area (TPSA) is 73.2 Å². The van der Waals surface area contributed by atoms with Crippen LogP contribution in [0.25, 0.3) is 5.69 Å². The Balaban J connectivity index is 1.50. The van der Waals surface area contributed by atoms with Gasteiger partial charge in [-0.2, -0.15) is 5.10 Å². The molecule has 1 amide bonds. The summed E-state index contributed by atoms with van der Waals surface area (Å²) in [4.78, 5) is 24.5. The van der Waals surface area contributed by atoms with Crippen LogP contribution in [0.5, 0.6) is 0 Å². The maximum absolute atomic E-state index is 13.0. The average Bonchev–Trinajstić information content (AvgIpc) is 3.08. The predicted molar refractivity (Wildman–Crippen MR) is 123 cm³/mol. The summed E-state index contributed by atoms with van der Waals surface area (Å²) in [6.07, 6.45) is 3.95. The Morgan fingerprint density at radius 2 is 1.75 bits per heavy atom. The lowest BCUT2D eigenvalue weighted by molar-refractivity contribution is -0.140. The van der Waals surface area contributed by atoms with Gasteiger partial charge in [-0.05, 0) is 74.9 Å². The highest BCUT2D eigenvalue weighted by Crippen LogP contribution is 2.41. The molecule has 4 rings (SSSR count). The predicted octanol–water partition coefficient (Wildman–Crippen LogP) is 4.40. The van der Waals surface area contributed by atoms with Gasteiger partial charge < -0.3 is 10.1 Å². The number of esters is 1. The minimum atomic E-state index is -0.263. The van der Waals surface area contributed by atoms with E-state index in [0.29, 0.717) is 18.4 Å². The molecule has 6 nitrogen and oxygen atoms in total. The number of carbonyl (C=O) groups is 2. The molecule has 166 valence electrons.